The normalized spacial score (nSPS) is 25.9. The third kappa shape index (κ3) is 5.66. The van der Waals surface area contributed by atoms with Gasteiger partial charge in [0.15, 0.2) is 0 Å². The quantitative estimate of drug-likeness (QED) is 0.197. The number of rotatable bonds is 13. The maximum atomic E-state index is 14.8. The smallest absolute Gasteiger partial charge is 0.253 e. The lowest BCUT2D eigenvalue weighted by Crippen LogP contribution is -2.57. The molecule has 0 aromatic heterocycles. The van der Waals surface area contributed by atoms with Gasteiger partial charge in [0.05, 0.1) is 24.5 Å². The number of alkyl halides is 1. The third-order valence-electron chi connectivity index (χ3n) is 9.52. The summed E-state index contributed by atoms with van der Waals surface area (Å²) in [5.74, 6) is -1.91. The molecule has 1 N–H and O–H groups in total. The fourth-order valence-corrected chi connectivity index (χ4v) is 8.58. The molecule has 0 saturated carbocycles. The van der Waals surface area contributed by atoms with Crippen LogP contribution in [0, 0.1) is 11.8 Å². The van der Waals surface area contributed by atoms with Gasteiger partial charge in [-0.05, 0) is 66.9 Å². The molecule has 1 spiro atoms. The van der Waals surface area contributed by atoms with Crippen LogP contribution < -0.4 is 14.5 Å². The zero-order valence-electron chi connectivity index (χ0n) is 26.5. The Morgan fingerprint density at radius 3 is 2.34 bits per heavy atom. The number of halogens is 1. The molecule has 6 rings (SSSR count). The second-order valence-corrected chi connectivity index (χ2v) is 13.4. The number of anilines is 2. The van der Waals surface area contributed by atoms with Crippen LogP contribution >= 0.6 is 15.9 Å². The van der Waals surface area contributed by atoms with Gasteiger partial charge < -0.3 is 29.3 Å². The Labute approximate surface area is 283 Å². The van der Waals surface area contributed by atoms with E-state index in [0.717, 1.165) is 10.8 Å². The van der Waals surface area contributed by atoms with Crippen LogP contribution in [0.1, 0.15) is 19.8 Å². The molecule has 10 heteroatoms. The van der Waals surface area contributed by atoms with Gasteiger partial charge >= 0.3 is 0 Å². The van der Waals surface area contributed by atoms with Gasteiger partial charge in [-0.1, -0.05) is 58.4 Å². The maximum absolute atomic E-state index is 14.8. The van der Waals surface area contributed by atoms with Crippen molar-refractivity contribution in [3.63, 3.8) is 0 Å². The molecular weight excluding hydrogens is 662 g/mol. The number of aliphatic hydroxyl groups is 1. The monoisotopic (exact) mass is 701 g/mol. The van der Waals surface area contributed by atoms with Crippen molar-refractivity contribution in [3.05, 3.63) is 92.0 Å². The highest BCUT2D eigenvalue weighted by Crippen LogP contribution is 2.60. The van der Waals surface area contributed by atoms with E-state index in [9.17, 15) is 19.5 Å². The highest BCUT2D eigenvalue weighted by atomic mass is 79.9. The lowest BCUT2D eigenvalue weighted by Gasteiger charge is -2.37. The zero-order chi connectivity index (χ0) is 33.3. The van der Waals surface area contributed by atoms with Crippen molar-refractivity contribution in [2.24, 2.45) is 11.8 Å². The van der Waals surface area contributed by atoms with Crippen LogP contribution in [0.2, 0.25) is 0 Å². The van der Waals surface area contributed by atoms with Crippen LogP contribution in [0.15, 0.2) is 92.0 Å². The lowest BCUT2D eigenvalue weighted by molar-refractivity contribution is -0.140. The summed E-state index contributed by atoms with van der Waals surface area (Å²) in [5, 5.41) is 11.8. The third-order valence-corrected chi connectivity index (χ3v) is 10.4. The average Bonchev–Trinajstić information content (AvgIpc) is 3.68. The van der Waals surface area contributed by atoms with Gasteiger partial charge in [-0.3, -0.25) is 14.4 Å². The number of ether oxygens (including phenoxy) is 2. The summed E-state index contributed by atoms with van der Waals surface area (Å²) in [6.45, 7) is 10.6. The SMILES string of the molecule is C=CCN(C(=O)C1N(CCCO)C(=O)[C@@H]2[C@H](C(=O)N(CC=C)c3ccc(OCC)cc3)[C@H]3OC12CC3Br)c1ccc2ccccc2c1. The molecule has 246 valence electrons. The van der Waals surface area contributed by atoms with Crippen LogP contribution in [-0.4, -0.2) is 83.2 Å². The van der Waals surface area contributed by atoms with Crippen LogP contribution in [0.5, 0.6) is 5.75 Å². The van der Waals surface area contributed by atoms with E-state index in [2.05, 4.69) is 29.1 Å². The van der Waals surface area contributed by atoms with Crippen LogP contribution in [0.3, 0.4) is 0 Å². The van der Waals surface area contributed by atoms with Gasteiger partial charge in [-0.2, -0.15) is 0 Å². The first-order valence-corrected chi connectivity index (χ1v) is 17.0. The van der Waals surface area contributed by atoms with Crippen molar-refractivity contribution in [1.29, 1.82) is 0 Å². The molecule has 3 amide bonds. The number of fused-ring (bicyclic) bond motifs is 2. The van der Waals surface area contributed by atoms with E-state index in [-0.39, 0.29) is 55.2 Å². The summed E-state index contributed by atoms with van der Waals surface area (Å²) in [6.07, 6.45) is 3.36. The molecule has 2 bridgehead atoms. The Bertz CT molecular complexity index is 1680. The van der Waals surface area contributed by atoms with Gasteiger partial charge in [-0.25, -0.2) is 0 Å². The van der Waals surface area contributed by atoms with E-state index in [4.69, 9.17) is 9.47 Å². The minimum Gasteiger partial charge on any atom is -0.494 e. The summed E-state index contributed by atoms with van der Waals surface area (Å²) in [4.78, 5) is 48.4. The maximum Gasteiger partial charge on any atom is 0.253 e. The Hall–Kier alpha value is -3.99. The Morgan fingerprint density at radius 2 is 1.68 bits per heavy atom. The largest absolute Gasteiger partial charge is 0.494 e. The molecule has 3 aliphatic rings. The topological polar surface area (TPSA) is 99.6 Å². The highest BCUT2D eigenvalue weighted by Gasteiger charge is 2.77. The molecule has 6 atom stereocenters. The molecule has 3 unspecified atom stereocenters. The van der Waals surface area contributed by atoms with E-state index in [1.807, 2.05) is 61.5 Å². The number of amides is 3. The van der Waals surface area contributed by atoms with Gasteiger partial charge in [0.25, 0.3) is 5.91 Å². The number of likely N-dealkylation sites (tertiary alicyclic amines) is 1. The molecule has 3 aromatic carbocycles. The lowest BCUT2D eigenvalue weighted by atomic mass is 9.70. The van der Waals surface area contributed by atoms with Gasteiger partial charge in [-0.15, -0.1) is 13.2 Å². The van der Waals surface area contributed by atoms with Gasteiger partial charge in [0.2, 0.25) is 11.8 Å². The first-order valence-electron chi connectivity index (χ1n) is 16.1. The number of carbonyl (C=O) groups excluding carboxylic acids is 3. The number of benzene rings is 3. The zero-order valence-corrected chi connectivity index (χ0v) is 28.1. The minimum absolute atomic E-state index is 0.152. The minimum atomic E-state index is -1.24. The number of aliphatic hydroxyl groups excluding tert-OH is 1. The van der Waals surface area contributed by atoms with Crippen molar-refractivity contribution in [3.8, 4) is 5.75 Å². The summed E-state index contributed by atoms with van der Waals surface area (Å²) in [7, 11) is 0. The van der Waals surface area contributed by atoms with E-state index in [0.29, 0.717) is 30.2 Å². The number of carbonyl (C=O) groups is 3. The van der Waals surface area contributed by atoms with Gasteiger partial charge in [0.1, 0.15) is 17.4 Å². The summed E-state index contributed by atoms with van der Waals surface area (Å²) < 4.78 is 12.3. The Morgan fingerprint density at radius 1 is 1.02 bits per heavy atom. The van der Waals surface area contributed by atoms with Crippen molar-refractivity contribution in [2.45, 2.75) is 42.3 Å². The highest BCUT2D eigenvalue weighted by molar-refractivity contribution is 9.09. The average molecular weight is 703 g/mol. The molecule has 3 aromatic rings. The molecule has 0 radical (unpaired) electrons. The number of hydrogen-bond donors (Lipinski definition) is 1. The van der Waals surface area contributed by atoms with E-state index >= 15 is 0 Å². The van der Waals surface area contributed by atoms with Crippen molar-refractivity contribution >= 4 is 55.8 Å². The van der Waals surface area contributed by atoms with Crippen LogP contribution in [-0.2, 0) is 19.1 Å². The number of nitrogens with zero attached hydrogens (tertiary/aromatic N) is 3. The molecule has 3 heterocycles. The molecule has 3 fully saturated rings. The first kappa shape index (κ1) is 32.9. The molecule has 0 aliphatic carbocycles. The summed E-state index contributed by atoms with van der Waals surface area (Å²) >= 11 is 3.77. The second-order valence-electron chi connectivity index (χ2n) is 12.2. The first-order chi connectivity index (χ1) is 22.8. The predicted molar refractivity (Wildman–Crippen MR) is 186 cm³/mol. The fourth-order valence-electron chi connectivity index (χ4n) is 7.64. The second kappa shape index (κ2) is 13.6. The number of hydrogen-bond acceptors (Lipinski definition) is 6. The van der Waals surface area contributed by atoms with Crippen LogP contribution in [0.4, 0.5) is 11.4 Å². The van der Waals surface area contributed by atoms with Crippen molar-refractivity contribution < 1.29 is 29.0 Å². The van der Waals surface area contributed by atoms with Crippen molar-refractivity contribution in [1.82, 2.24) is 4.90 Å². The van der Waals surface area contributed by atoms with E-state index < -0.39 is 29.6 Å². The molecule has 47 heavy (non-hydrogen) atoms. The van der Waals surface area contributed by atoms with E-state index in [1.165, 1.54) is 4.90 Å². The molecule has 3 saturated heterocycles. The molecule has 9 nitrogen and oxygen atoms in total. The molecular formula is C37H40BrN3O6. The molecule has 3 aliphatic heterocycles. The fraction of sp³-hybridized carbons (Fsp3) is 0.378. The summed E-state index contributed by atoms with van der Waals surface area (Å²) in [5.41, 5.74) is 0.0776. The van der Waals surface area contributed by atoms with E-state index in [1.54, 1.807) is 34.1 Å². The van der Waals surface area contributed by atoms with Gasteiger partial charge in [0, 0.05) is 42.4 Å². The standard InChI is InChI=1S/C37H40BrN3O6/c1-4-18-39(26-14-16-28(17-15-26)46-6-3)34(43)30-31-35(44)41(20-9-21-42)33(37(31)23-29(38)32(30)47-37)36(45)40(19-5-2)27-13-12-24-10-7-8-11-25(24)22-27/h4-5,7-8,10-17,22,29-33,42H,1-2,6,9,18-21,23H2,3H3/t29?,30-,31-,32-,33?,37?/m0/s1. The van der Waals surface area contributed by atoms with Crippen molar-refractivity contribution in [2.75, 3.05) is 42.6 Å². The Balaban J connectivity index is 1.40. The predicted octanol–water partition coefficient (Wildman–Crippen LogP) is 5.11. The van der Waals surface area contributed by atoms with Crippen LogP contribution in [0.25, 0.3) is 10.8 Å². The Kier molecular flexibility index (Phi) is 9.55. The summed E-state index contributed by atoms with van der Waals surface area (Å²) in [6, 6.07) is 20.0.